The van der Waals surface area contributed by atoms with E-state index >= 15 is 0 Å². The molecule has 0 heterocycles. The number of hydrogen-bond donors (Lipinski definition) is 2. The van der Waals surface area contributed by atoms with Crippen molar-refractivity contribution in [3.05, 3.63) is 0 Å². The summed E-state index contributed by atoms with van der Waals surface area (Å²) in [5, 5.41) is 0. The summed E-state index contributed by atoms with van der Waals surface area (Å²) in [5.74, 6) is 0. The van der Waals surface area contributed by atoms with Crippen molar-refractivity contribution in [3.8, 4) is 0 Å². The fraction of sp³-hybridized carbons (Fsp3) is 1.00. The maximum Gasteiger partial charge on any atom is 0.156 e. The molecule has 7 heteroatoms. The third-order valence-corrected chi connectivity index (χ3v) is 4.58. The molecule has 0 aliphatic heterocycles. The van der Waals surface area contributed by atoms with E-state index in [4.69, 9.17) is 57.9 Å². The smallest absolute Gasteiger partial charge is 0.156 e. The average Bonchev–Trinajstić information content (AvgIpc) is 1.83. The van der Waals surface area contributed by atoms with Crippen LogP contribution in [0.4, 0.5) is 0 Å². The van der Waals surface area contributed by atoms with Gasteiger partial charge in [-0.25, -0.2) is 0 Å². The minimum Gasteiger partial charge on any atom is -0.310 e. The number of alkyl halides is 4. The summed E-state index contributed by atoms with van der Waals surface area (Å²) >= 11 is 23.6. The first-order valence-electron chi connectivity index (χ1n) is 3.54. The van der Waals surface area contributed by atoms with Gasteiger partial charge in [-0.3, -0.25) is 0 Å². The van der Waals surface area contributed by atoms with Crippen molar-refractivity contribution in [2.45, 2.75) is 33.6 Å². The third kappa shape index (κ3) is 2.47. The van der Waals surface area contributed by atoms with E-state index in [1.54, 1.807) is 0 Å². The van der Waals surface area contributed by atoms with E-state index in [2.05, 4.69) is 0 Å². The molecular formula is C6H10Cl4N2Pt. The first-order chi connectivity index (χ1) is 5.21. The number of nitrogens with two attached hydrogens (primary N) is 2. The van der Waals surface area contributed by atoms with Gasteiger partial charge in [-0.05, 0) is 19.3 Å². The topological polar surface area (TPSA) is 52.0 Å². The molecule has 2 nitrogen and oxygen atoms in total. The molecule has 1 aliphatic carbocycles. The van der Waals surface area contributed by atoms with Crippen LogP contribution in [-0.2, 0) is 21.1 Å². The van der Waals surface area contributed by atoms with Crippen LogP contribution in [0.1, 0.15) is 19.3 Å². The molecule has 0 radical (unpaired) electrons. The first-order valence-corrected chi connectivity index (χ1v) is 5.05. The number of halogens is 4. The van der Waals surface area contributed by atoms with E-state index in [1.165, 1.54) is 0 Å². The normalized spacial score (nSPS) is 43.8. The Balaban J connectivity index is 0.00000144. The molecule has 1 rings (SSSR count). The van der Waals surface area contributed by atoms with E-state index in [-0.39, 0.29) is 21.1 Å². The van der Waals surface area contributed by atoms with E-state index in [0.29, 0.717) is 12.8 Å². The Bertz CT molecular complexity index is 177. The fourth-order valence-corrected chi connectivity index (χ4v) is 2.42. The van der Waals surface area contributed by atoms with Gasteiger partial charge >= 0.3 is 0 Å². The van der Waals surface area contributed by atoms with Gasteiger partial charge < -0.3 is 11.5 Å². The molecule has 1 saturated carbocycles. The Hall–Kier alpha value is 1.77. The molecule has 4 N–H and O–H groups in total. The van der Waals surface area contributed by atoms with Gasteiger partial charge in [-0.1, -0.05) is 46.4 Å². The van der Waals surface area contributed by atoms with Gasteiger partial charge in [-0.15, -0.1) is 0 Å². The zero-order valence-electron chi connectivity index (χ0n) is 6.60. The molecule has 82 valence electrons. The Morgan fingerprint density at radius 2 is 1.38 bits per heavy atom. The van der Waals surface area contributed by atoms with Crippen LogP contribution in [0.25, 0.3) is 0 Å². The van der Waals surface area contributed by atoms with Gasteiger partial charge in [0.2, 0.25) is 0 Å². The molecule has 13 heavy (non-hydrogen) atoms. The minimum absolute atomic E-state index is 0. The van der Waals surface area contributed by atoms with Crippen LogP contribution < -0.4 is 11.5 Å². The molecule has 0 aromatic rings. The van der Waals surface area contributed by atoms with Crippen LogP contribution in [0.2, 0.25) is 0 Å². The quantitative estimate of drug-likeness (QED) is 0.442. The summed E-state index contributed by atoms with van der Waals surface area (Å²) in [6, 6.07) is 0. The van der Waals surface area contributed by atoms with Gasteiger partial charge in [-0.2, -0.15) is 0 Å². The molecule has 2 atom stereocenters. The maximum atomic E-state index is 5.91. The Morgan fingerprint density at radius 1 is 0.923 bits per heavy atom. The Morgan fingerprint density at radius 3 is 1.69 bits per heavy atom. The van der Waals surface area contributed by atoms with Crippen LogP contribution in [0, 0.1) is 0 Å². The first kappa shape index (κ1) is 14.8. The third-order valence-electron chi connectivity index (χ3n) is 2.17. The van der Waals surface area contributed by atoms with Crippen molar-refractivity contribution in [2.24, 2.45) is 11.5 Å². The zero-order chi connectivity index (χ0) is 9.62. The van der Waals surface area contributed by atoms with Crippen molar-refractivity contribution in [3.63, 3.8) is 0 Å². The van der Waals surface area contributed by atoms with E-state index in [1.807, 2.05) is 0 Å². The summed E-state index contributed by atoms with van der Waals surface area (Å²) in [5.41, 5.74) is 11.3. The second kappa shape index (κ2) is 4.33. The van der Waals surface area contributed by atoms with Crippen LogP contribution in [-0.4, -0.2) is 14.3 Å². The van der Waals surface area contributed by atoms with Gasteiger partial charge in [0.15, 0.2) is 9.33 Å². The predicted octanol–water partition coefficient (Wildman–Crippen LogP) is 2.13. The van der Waals surface area contributed by atoms with Crippen LogP contribution >= 0.6 is 46.4 Å². The maximum absolute atomic E-state index is 5.91. The second-order valence-electron chi connectivity index (χ2n) is 3.13. The van der Waals surface area contributed by atoms with E-state index in [9.17, 15) is 0 Å². The van der Waals surface area contributed by atoms with E-state index < -0.39 is 14.3 Å². The SMILES string of the molecule is N[C@]1(Cl)CCCC(Cl)(Cl)[C@]1(N)Cl.[Pt]. The predicted molar refractivity (Wildman–Crippen MR) is 53.8 cm³/mol. The van der Waals surface area contributed by atoms with Crippen molar-refractivity contribution < 1.29 is 21.1 Å². The number of hydrogen-bond acceptors (Lipinski definition) is 2. The van der Waals surface area contributed by atoms with Crippen molar-refractivity contribution in [2.75, 3.05) is 0 Å². The molecule has 1 fully saturated rings. The molecule has 0 unspecified atom stereocenters. The molecule has 0 amide bonds. The van der Waals surface area contributed by atoms with Crippen LogP contribution in [0.5, 0.6) is 0 Å². The molecule has 0 aromatic heterocycles. The monoisotopic (exact) mass is 445 g/mol. The zero-order valence-corrected chi connectivity index (χ0v) is 11.9. The summed E-state index contributed by atoms with van der Waals surface area (Å²) in [7, 11) is 0. The summed E-state index contributed by atoms with van der Waals surface area (Å²) < 4.78 is -1.26. The summed E-state index contributed by atoms with van der Waals surface area (Å²) in [4.78, 5) is -2.72. The van der Waals surface area contributed by atoms with Crippen molar-refractivity contribution >= 4 is 46.4 Å². The van der Waals surface area contributed by atoms with Crippen LogP contribution in [0.3, 0.4) is 0 Å². The van der Waals surface area contributed by atoms with Gasteiger partial charge in [0.1, 0.15) is 5.00 Å². The van der Waals surface area contributed by atoms with Gasteiger partial charge in [0, 0.05) is 21.1 Å². The number of rotatable bonds is 0. The largest absolute Gasteiger partial charge is 0.310 e. The summed E-state index contributed by atoms with van der Waals surface area (Å²) in [6.45, 7) is 0. The van der Waals surface area contributed by atoms with Gasteiger partial charge in [0.25, 0.3) is 0 Å². The average molecular weight is 447 g/mol. The van der Waals surface area contributed by atoms with Gasteiger partial charge in [0.05, 0.1) is 0 Å². The Kier molecular flexibility index (Phi) is 4.92. The molecule has 0 aromatic carbocycles. The molecule has 0 saturated heterocycles. The van der Waals surface area contributed by atoms with Crippen molar-refractivity contribution in [1.82, 2.24) is 0 Å². The Labute approximate surface area is 112 Å². The fourth-order valence-electron chi connectivity index (χ4n) is 1.24. The standard InChI is InChI=1S/C6H10Cl4N2.Pt/c7-4(8)2-1-3-5(9,11)6(4,10)12;/h1-3,11-12H2;/t5-,6-;/m1./s1. The molecule has 0 spiro atoms. The summed E-state index contributed by atoms with van der Waals surface area (Å²) in [6.07, 6.45) is 1.73. The van der Waals surface area contributed by atoms with Crippen LogP contribution in [0.15, 0.2) is 0 Å². The van der Waals surface area contributed by atoms with E-state index in [0.717, 1.165) is 6.42 Å². The second-order valence-corrected chi connectivity index (χ2v) is 5.89. The molecular weight excluding hydrogens is 437 g/mol. The minimum atomic E-state index is -1.48. The molecule has 1 aliphatic rings. The van der Waals surface area contributed by atoms with Crippen molar-refractivity contribution in [1.29, 1.82) is 0 Å². The molecule has 0 bridgehead atoms.